The van der Waals surface area contributed by atoms with E-state index in [1.165, 1.54) is 0 Å². The fourth-order valence-corrected chi connectivity index (χ4v) is 2.76. The van der Waals surface area contributed by atoms with Gasteiger partial charge in [-0.25, -0.2) is 13.1 Å². The van der Waals surface area contributed by atoms with E-state index >= 15 is 0 Å². The Morgan fingerprint density at radius 2 is 2.27 bits per heavy atom. The molecule has 15 heavy (non-hydrogen) atoms. The van der Waals surface area contributed by atoms with Gasteiger partial charge in [-0.1, -0.05) is 6.92 Å². The Labute approximate surface area is 91.4 Å². The van der Waals surface area contributed by atoms with Crippen molar-refractivity contribution in [1.82, 2.24) is 4.72 Å². The number of rotatable bonds is 6. The lowest BCUT2D eigenvalue weighted by atomic mass is 10.0. The number of nitrogens with two attached hydrogens (primary N) is 1. The zero-order valence-electron chi connectivity index (χ0n) is 9.11. The van der Waals surface area contributed by atoms with Gasteiger partial charge in [-0.3, -0.25) is 0 Å². The highest BCUT2D eigenvalue weighted by Gasteiger charge is 2.27. The van der Waals surface area contributed by atoms with Gasteiger partial charge in [-0.15, -0.1) is 0 Å². The van der Waals surface area contributed by atoms with Gasteiger partial charge in [0.1, 0.15) is 0 Å². The largest absolute Gasteiger partial charge is 0.378 e. The van der Waals surface area contributed by atoms with Gasteiger partial charge in [0.05, 0.1) is 11.9 Å². The molecule has 1 saturated heterocycles. The minimum Gasteiger partial charge on any atom is -0.378 e. The Morgan fingerprint density at radius 3 is 2.87 bits per heavy atom. The molecule has 0 aromatic rings. The van der Waals surface area contributed by atoms with E-state index in [4.69, 9.17) is 10.5 Å². The molecule has 0 aromatic heterocycles. The molecule has 3 N–H and O–H groups in total. The zero-order valence-corrected chi connectivity index (χ0v) is 9.92. The summed E-state index contributed by atoms with van der Waals surface area (Å²) in [6.07, 6.45) is 2.07. The second kappa shape index (κ2) is 5.79. The van der Waals surface area contributed by atoms with E-state index in [-0.39, 0.29) is 18.4 Å². The first kappa shape index (κ1) is 12.9. The summed E-state index contributed by atoms with van der Waals surface area (Å²) in [4.78, 5) is 0. The van der Waals surface area contributed by atoms with Crippen LogP contribution in [0.1, 0.15) is 19.8 Å². The van der Waals surface area contributed by atoms with Gasteiger partial charge < -0.3 is 10.5 Å². The standard InChI is InChI=1S/C9H20N2O3S/c1-2-9-8(3-5-14-9)7-11-15(12,13)6-4-10/h8-9,11H,2-7,10H2,1H3. The van der Waals surface area contributed by atoms with E-state index in [2.05, 4.69) is 11.6 Å². The third kappa shape index (κ3) is 4.06. The summed E-state index contributed by atoms with van der Waals surface area (Å²) in [6, 6.07) is 0. The number of nitrogens with one attached hydrogen (secondary N) is 1. The predicted molar refractivity (Wildman–Crippen MR) is 59.0 cm³/mol. The first-order valence-corrected chi connectivity index (χ1v) is 7.03. The van der Waals surface area contributed by atoms with Crippen LogP contribution in [0.25, 0.3) is 0 Å². The molecule has 2 unspecified atom stereocenters. The van der Waals surface area contributed by atoms with Crippen molar-refractivity contribution < 1.29 is 13.2 Å². The predicted octanol–water partition coefficient (Wildman–Crippen LogP) is -0.320. The molecule has 1 aliphatic rings. The SMILES string of the molecule is CCC1OCCC1CNS(=O)(=O)CCN. The molecule has 6 heteroatoms. The van der Waals surface area contributed by atoms with E-state index < -0.39 is 10.0 Å². The van der Waals surface area contributed by atoms with Gasteiger partial charge in [0, 0.05) is 25.6 Å². The Kier molecular flexibility index (Phi) is 4.98. The first-order valence-electron chi connectivity index (χ1n) is 5.38. The van der Waals surface area contributed by atoms with Crippen LogP contribution in [0.3, 0.4) is 0 Å². The van der Waals surface area contributed by atoms with Crippen LogP contribution in [-0.4, -0.2) is 40.0 Å². The average molecular weight is 236 g/mol. The summed E-state index contributed by atoms with van der Waals surface area (Å²) in [5, 5.41) is 0. The monoisotopic (exact) mass is 236 g/mol. The highest BCUT2D eigenvalue weighted by Crippen LogP contribution is 2.22. The van der Waals surface area contributed by atoms with Crippen LogP contribution in [0.4, 0.5) is 0 Å². The molecule has 0 amide bonds. The van der Waals surface area contributed by atoms with Crippen LogP contribution in [0, 0.1) is 5.92 Å². The van der Waals surface area contributed by atoms with Crippen LogP contribution in [0.15, 0.2) is 0 Å². The lowest BCUT2D eigenvalue weighted by molar-refractivity contribution is 0.0884. The van der Waals surface area contributed by atoms with Crippen molar-refractivity contribution in [2.75, 3.05) is 25.4 Å². The molecule has 0 saturated carbocycles. The summed E-state index contributed by atoms with van der Waals surface area (Å²) < 4.78 is 30.8. The fraction of sp³-hybridized carbons (Fsp3) is 1.00. The van der Waals surface area contributed by atoms with E-state index in [0.29, 0.717) is 12.5 Å². The van der Waals surface area contributed by atoms with Crippen LogP contribution >= 0.6 is 0 Å². The second-order valence-corrected chi connectivity index (χ2v) is 5.75. The van der Waals surface area contributed by atoms with Crippen molar-refractivity contribution in [3.8, 4) is 0 Å². The molecule has 1 heterocycles. The Balaban J connectivity index is 2.36. The summed E-state index contributed by atoms with van der Waals surface area (Å²) in [5.41, 5.74) is 5.21. The summed E-state index contributed by atoms with van der Waals surface area (Å²) in [5.74, 6) is 0.305. The third-order valence-corrected chi connectivity index (χ3v) is 4.08. The summed E-state index contributed by atoms with van der Waals surface area (Å²) in [7, 11) is -3.18. The molecule has 2 atom stereocenters. The van der Waals surface area contributed by atoms with Crippen molar-refractivity contribution in [2.24, 2.45) is 11.7 Å². The highest BCUT2D eigenvalue weighted by molar-refractivity contribution is 7.89. The second-order valence-electron chi connectivity index (χ2n) is 3.82. The van der Waals surface area contributed by atoms with Gasteiger partial charge in [0.2, 0.25) is 10.0 Å². The zero-order chi connectivity index (χ0) is 11.3. The Morgan fingerprint density at radius 1 is 1.53 bits per heavy atom. The van der Waals surface area contributed by atoms with Gasteiger partial charge in [0.25, 0.3) is 0 Å². The summed E-state index contributed by atoms with van der Waals surface area (Å²) >= 11 is 0. The molecule has 90 valence electrons. The smallest absolute Gasteiger partial charge is 0.212 e. The van der Waals surface area contributed by atoms with Crippen LogP contribution in [0.5, 0.6) is 0 Å². The molecule has 5 nitrogen and oxygen atoms in total. The average Bonchev–Trinajstić information content (AvgIpc) is 2.62. The highest BCUT2D eigenvalue weighted by atomic mass is 32.2. The van der Waals surface area contributed by atoms with Crippen molar-refractivity contribution in [3.05, 3.63) is 0 Å². The van der Waals surface area contributed by atoms with Crippen LogP contribution in [0.2, 0.25) is 0 Å². The maximum absolute atomic E-state index is 11.4. The molecule has 1 fully saturated rings. The van der Waals surface area contributed by atoms with E-state index in [9.17, 15) is 8.42 Å². The molecule has 0 spiro atoms. The quantitative estimate of drug-likeness (QED) is 0.662. The normalized spacial score (nSPS) is 27.1. The van der Waals surface area contributed by atoms with Gasteiger partial charge in [-0.05, 0) is 12.8 Å². The van der Waals surface area contributed by atoms with Crippen molar-refractivity contribution in [1.29, 1.82) is 0 Å². The molecule has 0 aliphatic carbocycles. The number of hydrogen-bond acceptors (Lipinski definition) is 4. The Bertz CT molecular complexity index is 279. The van der Waals surface area contributed by atoms with E-state index in [1.54, 1.807) is 0 Å². The maximum atomic E-state index is 11.4. The molecular weight excluding hydrogens is 216 g/mol. The van der Waals surface area contributed by atoms with E-state index in [0.717, 1.165) is 19.4 Å². The van der Waals surface area contributed by atoms with Crippen molar-refractivity contribution in [3.63, 3.8) is 0 Å². The minimum atomic E-state index is -3.18. The lowest BCUT2D eigenvalue weighted by Crippen LogP contribution is -2.35. The third-order valence-electron chi connectivity index (χ3n) is 2.70. The van der Waals surface area contributed by atoms with E-state index in [1.807, 2.05) is 0 Å². The summed E-state index contributed by atoms with van der Waals surface area (Å²) in [6.45, 7) is 3.42. The molecule has 0 bridgehead atoms. The topological polar surface area (TPSA) is 81.4 Å². The van der Waals surface area contributed by atoms with Gasteiger partial charge in [-0.2, -0.15) is 0 Å². The number of ether oxygens (including phenoxy) is 1. The fourth-order valence-electron chi connectivity index (χ4n) is 1.84. The molecule has 0 aromatic carbocycles. The minimum absolute atomic E-state index is 0.00261. The lowest BCUT2D eigenvalue weighted by Gasteiger charge is -2.17. The molecule has 1 rings (SSSR count). The van der Waals surface area contributed by atoms with Crippen LogP contribution < -0.4 is 10.5 Å². The molecule has 1 aliphatic heterocycles. The van der Waals surface area contributed by atoms with Gasteiger partial charge >= 0.3 is 0 Å². The number of hydrogen-bond donors (Lipinski definition) is 2. The number of sulfonamides is 1. The van der Waals surface area contributed by atoms with Crippen molar-refractivity contribution >= 4 is 10.0 Å². The first-order chi connectivity index (χ1) is 7.09. The maximum Gasteiger partial charge on any atom is 0.212 e. The Hall–Kier alpha value is -0.170. The van der Waals surface area contributed by atoms with Gasteiger partial charge in [0.15, 0.2) is 0 Å². The van der Waals surface area contributed by atoms with Crippen molar-refractivity contribution in [2.45, 2.75) is 25.9 Å². The van der Waals surface area contributed by atoms with Crippen LogP contribution in [-0.2, 0) is 14.8 Å². The molecular formula is C9H20N2O3S. The molecule has 0 radical (unpaired) electrons.